The molecule has 0 aromatic heterocycles. The summed E-state index contributed by atoms with van der Waals surface area (Å²) in [5.41, 5.74) is 11.5. The average Bonchev–Trinajstić information content (AvgIpc) is 3.34. The first-order chi connectivity index (χ1) is 42.5. The predicted molar refractivity (Wildman–Crippen MR) is 333 cm³/mol. The van der Waals surface area contributed by atoms with Crippen molar-refractivity contribution in [2.75, 3.05) is 156 Å². The number of ether oxygens (including phenoxy) is 10. The lowest BCUT2D eigenvalue weighted by atomic mass is 9.99. The number of nitrogens with zero attached hydrogens (tertiary/aromatic N) is 1. The summed E-state index contributed by atoms with van der Waals surface area (Å²) in [4.78, 5) is 75.6. The lowest BCUT2D eigenvalue weighted by Gasteiger charge is -2.26. The van der Waals surface area contributed by atoms with E-state index in [1.54, 1.807) is 4.90 Å². The fourth-order valence-corrected chi connectivity index (χ4v) is 9.07. The summed E-state index contributed by atoms with van der Waals surface area (Å²) in [5, 5.41) is 15.0. The largest absolute Gasteiger partial charge is 0.399 e. The normalized spacial score (nSPS) is 15.7. The molecule has 87 heavy (non-hydrogen) atoms. The summed E-state index contributed by atoms with van der Waals surface area (Å²) < 4.78 is 56.0. The maximum Gasteiger partial charge on any atom is 0.246 e. The molecule has 1 aliphatic heterocycles. The van der Waals surface area contributed by atoms with E-state index in [1.807, 2.05) is 69.3 Å². The molecule has 2 aromatic carbocycles. The van der Waals surface area contributed by atoms with Gasteiger partial charge >= 0.3 is 0 Å². The average molecular weight is 1240 g/mol. The molecule has 0 radical (unpaired) electrons. The second-order valence-electron chi connectivity index (χ2n) is 21.2. The molecular formula is C63H100N7O16P. The second-order valence-corrected chi connectivity index (χ2v) is 22.0. The van der Waals surface area contributed by atoms with E-state index in [9.17, 15) is 24.0 Å². The minimum atomic E-state index is -0.747. The van der Waals surface area contributed by atoms with Gasteiger partial charge in [0.05, 0.1) is 143 Å². The van der Waals surface area contributed by atoms with Crippen LogP contribution in [0.15, 0.2) is 59.9 Å². The molecule has 0 saturated carbocycles. The Morgan fingerprint density at radius 1 is 0.609 bits per heavy atom. The minimum Gasteiger partial charge on any atom is -0.399 e. The van der Waals surface area contributed by atoms with Crippen LogP contribution in [0.2, 0.25) is 0 Å². The van der Waals surface area contributed by atoms with Crippen LogP contribution in [0.25, 0.3) is 0 Å². The van der Waals surface area contributed by atoms with Gasteiger partial charge in [-0.15, -0.1) is 0 Å². The van der Waals surface area contributed by atoms with Crippen LogP contribution in [0.1, 0.15) is 108 Å². The van der Waals surface area contributed by atoms with Crippen LogP contribution in [0.4, 0.5) is 5.69 Å². The highest BCUT2D eigenvalue weighted by Crippen LogP contribution is 2.26. The Morgan fingerprint density at radius 2 is 1.17 bits per heavy atom. The summed E-state index contributed by atoms with van der Waals surface area (Å²) >= 11 is 0. The molecule has 4 atom stereocenters. The zero-order valence-electron chi connectivity index (χ0n) is 51.8. The third kappa shape index (κ3) is 33.7. The SMILES string of the molecule is CC(C)[C@@H](C)NC(=O)[C@@H](CCCCNC(=O)COC1CCCCC/C(NCCOCCOCCOCCOCCOCCPO)=C\1N)NC(=O)CCOCCOCCOCCOCCNC(=O)CCC(=O)N1Cc2ccccc2C#Cc2ccccc21. The Labute approximate surface area is 517 Å². The quantitative estimate of drug-likeness (QED) is 0.0280. The van der Waals surface area contributed by atoms with Crippen molar-refractivity contribution in [3.63, 3.8) is 0 Å². The van der Waals surface area contributed by atoms with E-state index in [0.29, 0.717) is 169 Å². The first kappa shape index (κ1) is 74.1. The topological polar surface area (TPSA) is 287 Å². The van der Waals surface area contributed by atoms with Gasteiger partial charge in [0, 0.05) is 76.7 Å². The van der Waals surface area contributed by atoms with Gasteiger partial charge in [0.1, 0.15) is 12.6 Å². The highest BCUT2D eigenvalue weighted by molar-refractivity contribution is 7.31. The Morgan fingerprint density at radius 3 is 1.82 bits per heavy atom. The third-order valence-corrected chi connectivity index (χ3v) is 14.5. The molecule has 0 fully saturated rings. The van der Waals surface area contributed by atoms with Crippen molar-refractivity contribution in [3.8, 4) is 11.8 Å². The molecule has 488 valence electrons. The number of allylic oxidation sites excluding steroid dienone is 1. The van der Waals surface area contributed by atoms with Crippen molar-refractivity contribution in [2.24, 2.45) is 11.7 Å². The van der Waals surface area contributed by atoms with E-state index in [-0.39, 0.29) is 89.4 Å². The smallest absolute Gasteiger partial charge is 0.246 e. The zero-order chi connectivity index (χ0) is 62.4. The standard InChI is InChI=1S/C63H100N7O16P/c1-49(2)50(3)68-63(75)55(17-11-12-25-66-60(73)48-86-57-19-6-4-5-16-54(62(57)64)65-26-29-78-32-35-81-39-40-83-41-42-84-43-44-85-45-46-87-76)69-59(72)24-28-77-31-34-80-37-38-82-36-33-79-30-27-67-58(71)22-23-61(74)70-47-53-15-8-7-13-51(53)20-21-52-14-9-10-18-56(52)70/h7-10,13-15,18,49-50,55,57,65,76,87H,4-6,11-12,16-17,19,22-48,64H2,1-3H3,(H,66,73)(H,67,71)(H,68,75)(H,69,72)/b62-54-/t50-,55-,57?/m1/s1. The van der Waals surface area contributed by atoms with Crippen LogP contribution in [0, 0.1) is 17.8 Å². The van der Waals surface area contributed by atoms with Crippen molar-refractivity contribution < 1.29 is 76.2 Å². The fraction of sp³-hybridized carbons (Fsp3) is 0.667. The van der Waals surface area contributed by atoms with Gasteiger partial charge in [-0.2, -0.15) is 0 Å². The monoisotopic (exact) mass is 1240 g/mol. The van der Waals surface area contributed by atoms with Crippen LogP contribution in [0.5, 0.6) is 0 Å². The predicted octanol–water partition coefficient (Wildman–Crippen LogP) is 4.00. The van der Waals surface area contributed by atoms with Crippen LogP contribution >= 0.6 is 8.81 Å². The Kier molecular flexibility index (Phi) is 40.6. The molecule has 24 heteroatoms. The Hall–Kier alpha value is -5.32. The number of carbonyl (C=O) groups is 5. The van der Waals surface area contributed by atoms with Crippen LogP contribution < -0.4 is 37.2 Å². The first-order valence-corrected chi connectivity index (χ1v) is 32.1. The van der Waals surface area contributed by atoms with Crippen LogP contribution in [-0.4, -0.2) is 204 Å². The van der Waals surface area contributed by atoms with E-state index < -0.39 is 12.1 Å². The van der Waals surface area contributed by atoms with Gasteiger partial charge in [0.2, 0.25) is 29.5 Å². The first-order valence-electron chi connectivity index (χ1n) is 31.0. The number of nitrogens with one attached hydrogen (secondary N) is 5. The summed E-state index contributed by atoms with van der Waals surface area (Å²) in [6, 6.07) is 14.5. The molecule has 1 heterocycles. The molecule has 8 N–H and O–H groups in total. The lowest BCUT2D eigenvalue weighted by molar-refractivity contribution is -0.130. The fourth-order valence-electron chi connectivity index (χ4n) is 8.84. The second kappa shape index (κ2) is 47.7. The Bertz CT molecular complexity index is 2360. The van der Waals surface area contributed by atoms with Crippen LogP contribution in [0.3, 0.4) is 0 Å². The van der Waals surface area contributed by atoms with Crippen molar-refractivity contribution >= 4 is 44.0 Å². The Balaban J connectivity index is 0.981. The van der Waals surface area contributed by atoms with Gasteiger partial charge in [-0.25, -0.2) is 0 Å². The highest BCUT2D eigenvalue weighted by atomic mass is 31.1. The number of amides is 5. The number of fused-ring (bicyclic) bond motifs is 2. The molecular weight excluding hydrogens is 1140 g/mol. The number of para-hydroxylation sites is 1. The summed E-state index contributed by atoms with van der Waals surface area (Å²) in [7, 11) is -0.0887. The van der Waals surface area contributed by atoms with Crippen LogP contribution in [-0.2, 0) is 77.9 Å². The van der Waals surface area contributed by atoms with Crippen molar-refractivity contribution in [2.45, 2.75) is 116 Å². The minimum absolute atomic E-state index is 0.0528. The van der Waals surface area contributed by atoms with Gasteiger partial charge < -0.3 is 89.5 Å². The molecule has 1 aliphatic carbocycles. The third-order valence-electron chi connectivity index (χ3n) is 14.1. The van der Waals surface area contributed by atoms with E-state index >= 15 is 0 Å². The molecule has 23 nitrogen and oxygen atoms in total. The summed E-state index contributed by atoms with van der Waals surface area (Å²) in [6.07, 6.45) is 6.47. The molecule has 2 aromatic rings. The number of hydrogen-bond donors (Lipinski definition) is 7. The maximum atomic E-state index is 13.4. The zero-order valence-corrected chi connectivity index (χ0v) is 52.8. The molecule has 0 spiro atoms. The summed E-state index contributed by atoms with van der Waals surface area (Å²) in [5.74, 6) is 5.40. The van der Waals surface area contributed by atoms with Gasteiger partial charge in [0.15, 0.2) is 0 Å². The maximum absolute atomic E-state index is 13.4. The van der Waals surface area contributed by atoms with Gasteiger partial charge in [-0.1, -0.05) is 68.9 Å². The molecule has 4 rings (SSSR count). The number of unbranched alkanes of at least 4 members (excludes halogenated alkanes) is 1. The number of anilines is 1. The number of hydrogen-bond acceptors (Lipinski definition) is 18. The number of rotatable bonds is 49. The molecule has 0 bridgehead atoms. The van der Waals surface area contributed by atoms with E-state index in [0.717, 1.165) is 53.8 Å². The van der Waals surface area contributed by atoms with Crippen molar-refractivity contribution in [3.05, 3.63) is 76.6 Å². The van der Waals surface area contributed by atoms with E-state index in [4.69, 9.17) is 58.0 Å². The van der Waals surface area contributed by atoms with Gasteiger partial charge in [-0.05, 0) is 75.1 Å². The molecule has 5 amide bonds. The van der Waals surface area contributed by atoms with Gasteiger partial charge in [-0.3, -0.25) is 24.0 Å². The molecule has 2 unspecified atom stereocenters. The van der Waals surface area contributed by atoms with E-state index in [2.05, 4.69) is 38.4 Å². The van der Waals surface area contributed by atoms with Crippen molar-refractivity contribution in [1.82, 2.24) is 26.6 Å². The van der Waals surface area contributed by atoms with Gasteiger partial charge in [0.25, 0.3) is 0 Å². The number of carbonyl (C=O) groups excluding carboxylic acids is 5. The van der Waals surface area contributed by atoms with Crippen molar-refractivity contribution in [1.29, 1.82) is 0 Å². The lowest BCUT2D eigenvalue weighted by Crippen LogP contribution is -2.50. The molecule has 0 saturated heterocycles. The molecule has 2 aliphatic rings. The summed E-state index contributed by atoms with van der Waals surface area (Å²) in [6.45, 7) is 14.7. The highest BCUT2D eigenvalue weighted by Gasteiger charge is 2.25. The number of nitrogens with two attached hydrogens (primary N) is 1. The van der Waals surface area contributed by atoms with E-state index in [1.165, 1.54) is 0 Å². The number of benzene rings is 2.